The molecule has 0 spiro atoms. The van der Waals surface area contributed by atoms with Crippen molar-refractivity contribution in [2.45, 2.75) is 5.51 Å². The van der Waals surface area contributed by atoms with Gasteiger partial charge in [0.15, 0.2) is 5.75 Å². The summed E-state index contributed by atoms with van der Waals surface area (Å²) in [6.45, 7) is 0. The van der Waals surface area contributed by atoms with Crippen LogP contribution < -0.4 is 4.18 Å². The molecule has 0 aliphatic rings. The normalized spacial score (nSPS) is 12.1. The highest BCUT2D eigenvalue weighted by atomic mass is 35.5. The molecule has 0 bridgehead atoms. The molecule has 0 fully saturated rings. The first-order valence-electron chi connectivity index (χ1n) is 4.97. The van der Waals surface area contributed by atoms with Crippen LogP contribution in [0.25, 0.3) is 0 Å². The average Bonchev–Trinajstić information content (AvgIpc) is 2.29. The van der Waals surface area contributed by atoms with E-state index in [0.29, 0.717) is 0 Å². The van der Waals surface area contributed by atoms with Gasteiger partial charge in [-0.15, -0.1) is 0 Å². The number of halogens is 4. The van der Waals surface area contributed by atoms with Crippen LogP contribution in [0.15, 0.2) is 18.2 Å². The van der Waals surface area contributed by atoms with Crippen LogP contribution >= 0.6 is 11.6 Å². The van der Waals surface area contributed by atoms with E-state index in [9.17, 15) is 26.4 Å². The molecule has 0 aliphatic heterocycles. The summed E-state index contributed by atoms with van der Waals surface area (Å²) in [5, 5.41) is -0.425. The van der Waals surface area contributed by atoms with E-state index >= 15 is 0 Å². The predicted octanol–water partition coefficient (Wildman–Crippen LogP) is 2.27. The van der Waals surface area contributed by atoms with Gasteiger partial charge < -0.3 is 9.08 Å². The number of rotatable bonds is 3. The van der Waals surface area contributed by atoms with Crippen molar-refractivity contribution in [2.24, 2.45) is 0 Å². The van der Waals surface area contributed by atoms with E-state index in [-0.39, 0.29) is 5.56 Å². The molecule has 0 saturated carbocycles. The SMILES string of the molecule is CN(C)C(=O)c1ccc(OS(=O)(=O)C(F)(F)F)c(Cl)c1. The lowest BCUT2D eigenvalue weighted by Gasteiger charge is -2.13. The molecule has 0 unspecified atom stereocenters. The van der Waals surface area contributed by atoms with Crippen molar-refractivity contribution in [1.82, 2.24) is 4.90 Å². The summed E-state index contributed by atoms with van der Waals surface area (Å²) in [6.07, 6.45) is 0. The lowest BCUT2D eigenvalue weighted by molar-refractivity contribution is -0.0500. The number of amides is 1. The third-order valence-corrected chi connectivity index (χ3v) is 3.33. The maximum atomic E-state index is 12.1. The van der Waals surface area contributed by atoms with Crippen molar-refractivity contribution in [2.75, 3.05) is 14.1 Å². The minimum Gasteiger partial charge on any atom is -0.374 e. The zero-order chi connectivity index (χ0) is 15.7. The van der Waals surface area contributed by atoms with Crippen LogP contribution in [0.1, 0.15) is 10.4 Å². The fourth-order valence-corrected chi connectivity index (χ4v) is 1.87. The molecular weight excluding hydrogens is 323 g/mol. The van der Waals surface area contributed by atoms with Crippen molar-refractivity contribution in [1.29, 1.82) is 0 Å². The van der Waals surface area contributed by atoms with Gasteiger partial charge in [0, 0.05) is 19.7 Å². The van der Waals surface area contributed by atoms with E-state index in [4.69, 9.17) is 11.6 Å². The standard InChI is InChI=1S/C10H9ClF3NO4S/c1-15(2)9(16)6-3-4-8(7(11)5-6)19-20(17,18)10(12,13)14/h3-5H,1-2H3. The average molecular weight is 332 g/mol. The van der Waals surface area contributed by atoms with Crippen LogP contribution in [0.4, 0.5) is 13.2 Å². The maximum absolute atomic E-state index is 12.1. The van der Waals surface area contributed by atoms with Gasteiger partial charge in [0.2, 0.25) is 0 Å². The summed E-state index contributed by atoms with van der Waals surface area (Å²) in [7, 11) is -2.87. The van der Waals surface area contributed by atoms with E-state index in [2.05, 4.69) is 4.18 Å². The molecule has 1 rings (SSSR count). The van der Waals surface area contributed by atoms with Gasteiger partial charge in [-0.25, -0.2) is 0 Å². The molecule has 0 N–H and O–H groups in total. The Labute approximate surface area is 118 Å². The van der Waals surface area contributed by atoms with Crippen LogP contribution in [-0.4, -0.2) is 38.8 Å². The minimum absolute atomic E-state index is 0.0803. The summed E-state index contributed by atoms with van der Waals surface area (Å²) < 4.78 is 62.0. The topological polar surface area (TPSA) is 63.7 Å². The minimum atomic E-state index is -5.80. The van der Waals surface area contributed by atoms with Crippen molar-refractivity contribution >= 4 is 27.6 Å². The van der Waals surface area contributed by atoms with E-state index in [1.165, 1.54) is 19.0 Å². The number of nitrogens with zero attached hydrogens (tertiary/aromatic N) is 1. The van der Waals surface area contributed by atoms with Gasteiger partial charge in [-0.05, 0) is 18.2 Å². The van der Waals surface area contributed by atoms with Gasteiger partial charge in [0.1, 0.15) is 0 Å². The highest BCUT2D eigenvalue weighted by molar-refractivity contribution is 7.88. The van der Waals surface area contributed by atoms with Crippen molar-refractivity contribution in [3.8, 4) is 5.75 Å². The monoisotopic (exact) mass is 331 g/mol. The Morgan fingerprint density at radius 1 is 1.30 bits per heavy atom. The van der Waals surface area contributed by atoms with E-state index < -0.39 is 32.3 Å². The Morgan fingerprint density at radius 2 is 1.85 bits per heavy atom. The molecule has 0 aliphatic carbocycles. The molecule has 1 amide bonds. The van der Waals surface area contributed by atoms with E-state index in [1.54, 1.807) is 0 Å². The van der Waals surface area contributed by atoms with Crippen LogP contribution in [0.3, 0.4) is 0 Å². The first-order chi connectivity index (χ1) is 8.95. The van der Waals surface area contributed by atoms with Crippen LogP contribution in [-0.2, 0) is 10.1 Å². The summed E-state index contributed by atoms with van der Waals surface area (Å²) in [4.78, 5) is 12.8. The zero-order valence-electron chi connectivity index (χ0n) is 10.2. The Bertz CT molecular complexity index is 628. The first kappa shape index (κ1) is 16.6. The molecular formula is C10H9ClF3NO4S. The molecule has 1 aromatic carbocycles. The number of hydrogen-bond acceptors (Lipinski definition) is 4. The van der Waals surface area contributed by atoms with E-state index in [1.807, 2.05) is 0 Å². The molecule has 0 atom stereocenters. The number of hydrogen-bond donors (Lipinski definition) is 0. The highest BCUT2D eigenvalue weighted by Gasteiger charge is 2.48. The smallest absolute Gasteiger partial charge is 0.374 e. The second-order valence-corrected chi connectivity index (χ2v) is 5.77. The lowest BCUT2D eigenvalue weighted by atomic mass is 10.2. The van der Waals surface area contributed by atoms with Gasteiger partial charge in [-0.1, -0.05) is 11.6 Å². The molecule has 1 aromatic rings. The summed E-state index contributed by atoms with van der Waals surface area (Å²) in [5.41, 5.74) is -5.48. The van der Waals surface area contributed by atoms with Gasteiger partial charge in [0.25, 0.3) is 5.91 Å². The third kappa shape index (κ3) is 3.54. The molecule has 0 radical (unpaired) electrons. The van der Waals surface area contributed by atoms with Gasteiger partial charge in [-0.3, -0.25) is 4.79 Å². The Kier molecular flexibility index (Phi) is 4.55. The number of carbonyl (C=O) groups excluding carboxylic acids is 1. The van der Waals surface area contributed by atoms with Gasteiger partial charge in [0.05, 0.1) is 5.02 Å². The van der Waals surface area contributed by atoms with Gasteiger partial charge in [-0.2, -0.15) is 21.6 Å². The van der Waals surface area contributed by atoms with Crippen LogP contribution in [0.2, 0.25) is 5.02 Å². The number of carbonyl (C=O) groups is 1. The van der Waals surface area contributed by atoms with Crippen LogP contribution in [0.5, 0.6) is 5.75 Å². The number of alkyl halides is 3. The Hall–Kier alpha value is -1.48. The highest BCUT2D eigenvalue weighted by Crippen LogP contribution is 2.32. The fourth-order valence-electron chi connectivity index (χ4n) is 1.13. The van der Waals surface area contributed by atoms with Crippen LogP contribution in [0, 0.1) is 0 Å². The van der Waals surface area contributed by atoms with Crippen molar-refractivity contribution in [3.63, 3.8) is 0 Å². The summed E-state index contributed by atoms with van der Waals surface area (Å²) in [5.74, 6) is -1.16. The second kappa shape index (κ2) is 5.49. The predicted molar refractivity (Wildman–Crippen MR) is 65.1 cm³/mol. The zero-order valence-corrected chi connectivity index (χ0v) is 11.8. The molecule has 0 saturated heterocycles. The Morgan fingerprint density at radius 3 is 2.25 bits per heavy atom. The number of benzene rings is 1. The van der Waals surface area contributed by atoms with Gasteiger partial charge >= 0.3 is 15.6 Å². The third-order valence-electron chi connectivity index (χ3n) is 2.07. The molecule has 0 heterocycles. The van der Waals surface area contributed by atoms with Crippen molar-refractivity contribution < 1.29 is 30.6 Å². The largest absolute Gasteiger partial charge is 0.534 e. The molecule has 20 heavy (non-hydrogen) atoms. The second-order valence-electron chi connectivity index (χ2n) is 3.83. The molecule has 112 valence electrons. The van der Waals surface area contributed by atoms with E-state index in [0.717, 1.165) is 18.2 Å². The fraction of sp³-hybridized carbons (Fsp3) is 0.300. The molecule has 5 nitrogen and oxygen atoms in total. The maximum Gasteiger partial charge on any atom is 0.534 e. The quantitative estimate of drug-likeness (QED) is 0.629. The summed E-state index contributed by atoms with van der Waals surface area (Å²) >= 11 is 5.61. The summed E-state index contributed by atoms with van der Waals surface area (Å²) in [6, 6.07) is 3.00. The van der Waals surface area contributed by atoms with Crippen molar-refractivity contribution in [3.05, 3.63) is 28.8 Å². The Balaban J connectivity index is 3.10. The first-order valence-corrected chi connectivity index (χ1v) is 6.76. The molecule has 10 heteroatoms. The lowest BCUT2D eigenvalue weighted by Crippen LogP contribution is -2.28. The molecule has 0 aromatic heterocycles.